The van der Waals surface area contributed by atoms with Gasteiger partial charge in [-0.05, 0) is 59.4 Å². The molecule has 0 radical (unpaired) electrons. The molecule has 214 valence electrons. The lowest BCUT2D eigenvalue weighted by molar-refractivity contribution is -0.0408. The normalized spacial score (nSPS) is 20.5. The van der Waals surface area contributed by atoms with E-state index in [0.717, 1.165) is 22.3 Å². The quantitative estimate of drug-likeness (QED) is 0.237. The molecule has 1 fully saturated rings. The zero-order valence-electron chi connectivity index (χ0n) is 23.1. The molecule has 0 bridgehead atoms. The van der Waals surface area contributed by atoms with Crippen molar-refractivity contribution in [2.45, 2.75) is 50.2 Å². The summed E-state index contributed by atoms with van der Waals surface area (Å²) in [6, 6.07) is 31.7. The van der Waals surface area contributed by atoms with Crippen molar-refractivity contribution in [3.63, 3.8) is 0 Å². The van der Waals surface area contributed by atoms with E-state index in [2.05, 4.69) is 4.99 Å². The van der Waals surface area contributed by atoms with Gasteiger partial charge in [0.05, 0.1) is 12.1 Å². The molecule has 4 N–H and O–H groups in total. The van der Waals surface area contributed by atoms with E-state index in [1.807, 2.05) is 88.8 Å². The molecular formula is C34H34N4O4. The molecule has 0 spiro atoms. The van der Waals surface area contributed by atoms with Crippen LogP contribution < -0.4 is 0 Å². The highest BCUT2D eigenvalue weighted by Gasteiger charge is 2.45. The Hall–Kier alpha value is -4.84. The number of nitriles is 1. The number of rotatable bonds is 8. The van der Waals surface area contributed by atoms with Gasteiger partial charge in [-0.15, -0.1) is 4.99 Å². The molecule has 0 amide bonds. The second-order valence-electron chi connectivity index (χ2n) is 10.6. The lowest BCUT2D eigenvalue weighted by Gasteiger charge is -2.38. The first-order valence-corrected chi connectivity index (χ1v) is 13.9. The fraction of sp³-hybridized carbons (Fsp3) is 0.235. The summed E-state index contributed by atoms with van der Waals surface area (Å²) in [5.41, 5.74) is 3.40. The minimum Gasteiger partial charge on any atom is -0.508 e. The minimum absolute atomic E-state index is 0.0971. The molecule has 5 rings (SSSR count). The molecule has 4 aromatic carbocycles. The van der Waals surface area contributed by atoms with Crippen LogP contribution in [0.4, 0.5) is 0 Å². The van der Waals surface area contributed by atoms with Crippen LogP contribution in [0.1, 0.15) is 22.3 Å². The van der Waals surface area contributed by atoms with Crippen LogP contribution in [0.2, 0.25) is 0 Å². The number of phenols is 2. The van der Waals surface area contributed by atoms with E-state index in [9.17, 15) is 25.7 Å². The van der Waals surface area contributed by atoms with Gasteiger partial charge >= 0.3 is 0 Å². The number of nitrogens with zero attached hydrogens (tertiary/aromatic N) is 4. The van der Waals surface area contributed by atoms with Gasteiger partial charge in [-0.1, -0.05) is 84.9 Å². The summed E-state index contributed by atoms with van der Waals surface area (Å²) >= 11 is 0. The largest absolute Gasteiger partial charge is 0.508 e. The van der Waals surface area contributed by atoms with Crippen molar-refractivity contribution in [2.75, 3.05) is 0 Å². The van der Waals surface area contributed by atoms with Gasteiger partial charge in [0, 0.05) is 13.1 Å². The van der Waals surface area contributed by atoms with Crippen LogP contribution in [0.5, 0.6) is 11.5 Å². The Balaban J connectivity index is 1.66. The number of aromatic hydroxyl groups is 2. The van der Waals surface area contributed by atoms with Crippen LogP contribution in [0, 0.1) is 11.5 Å². The summed E-state index contributed by atoms with van der Waals surface area (Å²) in [5.74, 6) is 0.487. The SMILES string of the molecule is N#CN=C1N(Cc2cccc(O)c2)[C@H](Cc2ccccc2)[C@H](O)[C@@H](O)[C@@H](Cc2ccccc2)N1Cc1cccc(O)c1. The number of aliphatic hydroxyl groups is 2. The van der Waals surface area contributed by atoms with Gasteiger partial charge < -0.3 is 30.2 Å². The van der Waals surface area contributed by atoms with Crippen LogP contribution in [-0.4, -0.2) is 60.5 Å². The first kappa shape index (κ1) is 28.7. The molecular weight excluding hydrogens is 528 g/mol. The predicted molar refractivity (Wildman–Crippen MR) is 160 cm³/mol. The van der Waals surface area contributed by atoms with Crippen LogP contribution in [0.3, 0.4) is 0 Å². The summed E-state index contributed by atoms with van der Waals surface area (Å²) in [7, 11) is 0. The minimum atomic E-state index is -1.21. The fourth-order valence-electron chi connectivity index (χ4n) is 5.71. The Morgan fingerprint density at radius 3 is 1.38 bits per heavy atom. The van der Waals surface area contributed by atoms with E-state index in [-0.39, 0.29) is 24.6 Å². The molecule has 0 unspecified atom stereocenters. The number of aliphatic imine (C=N–C) groups is 1. The number of benzene rings is 4. The number of hydrogen-bond acceptors (Lipinski definition) is 6. The second kappa shape index (κ2) is 13.2. The zero-order valence-corrected chi connectivity index (χ0v) is 23.1. The van der Waals surface area contributed by atoms with Gasteiger partial charge in [-0.25, -0.2) is 0 Å². The maximum atomic E-state index is 11.9. The summed E-state index contributed by atoms with van der Waals surface area (Å²) in [5, 5.41) is 54.2. The monoisotopic (exact) mass is 562 g/mol. The van der Waals surface area contributed by atoms with E-state index in [4.69, 9.17) is 0 Å². The maximum Gasteiger partial charge on any atom is 0.213 e. The van der Waals surface area contributed by atoms with Gasteiger partial charge in [0.1, 0.15) is 23.7 Å². The third-order valence-corrected chi connectivity index (χ3v) is 7.71. The average Bonchev–Trinajstić information content (AvgIpc) is 3.06. The van der Waals surface area contributed by atoms with Crippen molar-refractivity contribution in [3.8, 4) is 17.7 Å². The van der Waals surface area contributed by atoms with Crippen molar-refractivity contribution in [3.05, 3.63) is 131 Å². The van der Waals surface area contributed by atoms with Gasteiger partial charge in [0.2, 0.25) is 12.2 Å². The molecule has 8 heteroatoms. The fourth-order valence-corrected chi connectivity index (χ4v) is 5.71. The Morgan fingerprint density at radius 2 is 1.00 bits per heavy atom. The standard InChI is InChI=1S/C34H34N4O4/c35-23-36-34-37(21-26-13-7-15-28(39)17-26)30(19-24-9-3-1-4-10-24)32(41)33(42)31(20-25-11-5-2-6-12-25)38(34)22-27-14-8-16-29(40)18-27/h1-18,30-33,39-42H,19-22H2/t30-,31-,32+,33+/m1/s1. The Labute approximate surface area is 245 Å². The first-order valence-electron chi connectivity index (χ1n) is 13.9. The Bertz CT molecular complexity index is 1430. The third-order valence-electron chi connectivity index (χ3n) is 7.71. The summed E-state index contributed by atoms with van der Waals surface area (Å²) < 4.78 is 0. The third kappa shape index (κ3) is 6.72. The van der Waals surface area contributed by atoms with Crippen LogP contribution in [-0.2, 0) is 25.9 Å². The lowest BCUT2D eigenvalue weighted by atomic mass is 9.91. The molecule has 4 atom stereocenters. The van der Waals surface area contributed by atoms with Gasteiger partial charge in [0.25, 0.3) is 0 Å². The number of phenolic OH excluding ortho intramolecular Hbond substituents is 2. The highest BCUT2D eigenvalue weighted by Crippen LogP contribution is 2.31. The summed E-state index contributed by atoms with van der Waals surface area (Å²) in [6.45, 7) is 0.426. The summed E-state index contributed by atoms with van der Waals surface area (Å²) in [6.07, 6.45) is 0.284. The first-order chi connectivity index (χ1) is 20.4. The number of guanidine groups is 1. The van der Waals surface area contributed by atoms with E-state index >= 15 is 0 Å². The lowest BCUT2D eigenvalue weighted by Crippen LogP contribution is -2.51. The topological polar surface area (TPSA) is 124 Å². The van der Waals surface area contributed by atoms with E-state index in [1.165, 1.54) is 0 Å². The molecule has 0 aliphatic carbocycles. The summed E-state index contributed by atoms with van der Waals surface area (Å²) in [4.78, 5) is 8.03. The molecule has 1 aliphatic rings. The second-order valence-corrected chi connectivity index (χ2v) is 10.6. The van der Waals surface area contributed by atoms with Gasteiger partial charge in [-0.2, -0.15) is 5.26 Å². The molecule has 42 heavy (non-hydrogen) atoms. The molecule has 8 nitrogen and oxygen atoms in total. The molecule has 1 aliphatic heterocycles. The van der Waals surface area contributed by atoms with Crippen molar-refractivity contribution >= 4 is 5.96 Å². The molecule has 4 aromatic rings. The average molecular weight is 563 g/mol. The smallest absolute Gasteiger partial charge is 0.213 e. The van der Waals surface area contributed by atoms with E-state index < -0.39 is 24.3 Å². The molecule has 0 aromatic heterocycles. The van der Waals surface area contributed by atoms with E-state index in [0.29, 0.717) is 18.8 Å². The molecule has 0 saturated carbocycles. The van der Waals surface area contributed by atoms with Crippen molar-refractivity contribution in [1.82, 2.24) is 9.80 Å². The van der Waals surface area contributed by atoms with Gasteiger partial charge in [-0.3, -0.25) is 0 Å². The van der Waals surface area contributed by atoms with Crippen LogP contribution in [0.15, 0.2) is 114 Å². The number of aliphatic hydroxyl groups excluding tert-OH is 2. The highest BCUT2D eigenvalue weighted by molar-refractivity contribution is 5.82. The van der Waals surface area contributed by atoms with Crippen molar-refractivity contribution < 1.29 is 20.4 Å². The molecule has 1 saturated heterocycles. The van der Waals surface area contributed by atoms with Crippen molar-refractivity contribution in [1.29, 1.82) is 5.26 Å². The maximum absolute atomic E-state index is 11.9. The zero-order chi connectivity index (χ0) is 29.5. The van der Waals surface area contributed by atoms with Gasteiger partial charge in [0.15, 0.2) is 0 Å². The Morgan fingerprint density at radius 1 is 0.595 bits per heavy atom. The predicted octanol–water partition coefficient (Wildman–Crippen LogP) is 4.20. The number of hydrogen-bond donors (Lipinski definition) is 4. The van der Waals surface area contributed by atoms with Crippen molar-refractivity contribution in [2.24, 2.45) is 4.99 Å². The van der Waals surface area contributed by atoms with Crippen LogP contribution >= 0.6 is 0 Å². The highest BCUT2D eigenvalue weighted by atomic mass is 16.3. The van der Waals surface area contributed by atoms with Crippen LogP contribution in [0.25, 0.3) is 0 Å². The van der Waals surface area contributed by atoms with E-state index in [1.54, 1.807) is 36.4 Å². The molecule has 1 heterocycles. The Kier molecular flexibility index (Phi) is 9.02.